The Morgan fingerprint density at radius 1 is 1.21 bits per heavy atom. The van der Waals surface area contributed by atoms with Gasteiger partial charge in [0.1, 0.15) is 0 Å². The third-order valence-corrected chi connectivity index (χ3v) is 2.69. The van der Waals surface area contributed by atoms with Crippen molar-refractivity contribution in [2.45, 2.75) is 12.8 Å². The van der Waals surface area contributed by atoms with Crippen molar-refractivity contribution in [2.75, 3.05) is 46.1 Å². The Bertz CT molecular complexity index is 143. The van der Waals surface area contributed by atoms with Crippen LogP contribution in [0.5, 0.6) is 0 Å². The lowest BCUT2D eigenvalue weighted by atomic mass is 10.1. The van der Waals surface area contributed by atoms with Crippen molar-refractivity contribution in [1.82, 2.24) is 4.90 Å². The van der Waals surface area contributed by atoms with Gasteiger partial charge in [0, 0.05) is 19.7 Å². The minimum Gasteiger partial charge on any atom is -0.396 e. The molecule has 1 heterocycles. The second-order valence-corrected chi connectivity index (χ2v) is 3.80. The second-order valence-electron chi connectivity index (χ2n) is 3.80. The van der Waals surface area contributed by atoms with E-state index in [2.05, 4.69) is 4.90 Å². The zero-order valence-electron chi connectivity index (χ0n) is 8.69. The second kappa shape index (κ2) is 7.17. The molecule has 0 amide bonds. The van der Waals surface area contributed by atoms with Crippen LogP contribution in [-0.4, -0.2) is 61.2 Å². The highest BCUT2D eigenvalue weighted by Crippen LogP contribution is 2.18. The largest absolute Gasteiger partial charge is 0.396 e. The molecule has 0 aromatic rings. The van der Waals surface area contributed by atoms with Gasteiger partial charge in [0.05, 0.1) is 19.8 Å². The van der Waals surface area contributed by atoms with Crippen LogP contribution in [0.4, 0.5) is 0 Å². The average molecular weight is 203 g/mol. The third-order valence-electron chi connectivity index (χ3n) is 2.69. The van der Waals surface area contributed by atoms with E-state index in [4.69, 9.17) is 14.9 Å². The number of nitrogens with zero attached hydrogens (tertiary/aromatic N) is 1. The molecule has 0 saturated carbocycles. The van der Waals surface area contributed by atoms with Crippen molar-refractivity contribution < 1.29 is 14.9 Å². The predicted octanol–water partition coefficient (Wildman–Crippen LogP) is -0.300. The SMILES string of the molecule is OCCOCCN1CCC(CCO)C1. The Morgan fingerprint density at radius 2 is 2.07 bits per heavy atom. The lowest BCUT2D eigenvalue weighted by Crippen LogP contribution is -2.25. The van der Waals surface area contributed by atoms with Gasteiger partial charge in [-0.2, -0.15) is 0 Å². The maximum absolute atomic E-state index is 8.79. The van der Waals surface area contributed by atoms with E-state index < -0.39 is 0 Å². The molecular formula is C10H21NO3. The van der Waals surface area contributed by atoms with Crippen LogP contribution in [-0.2, 0) is 4.74 Å². The summed E-state index contributed by atoms with van der Waals surface area (Å²) in [7, 11) is 0. The van der Waals surface area contributed by atoms with Crippen LogP contribution in [0.15, 0.2) is 0 Å². The maximum Gasteiger partial charge on any atom is 0.0698 e. The minimum atomic E-state index is 0.104. The lowest BCUT2D eigenvalue weighted by molar-refractivity contribution is 0.0772. The normalized spacial score (nSPS) is 23.1. The first-order valence-corrected chi connectivity index (χ1v) is 5.38. The Morgan fingerprint density at radius 3 is 2.79 bits per heavy atom. The fourth-order valence-electron chi connectivity index (χ4n) is 1.89. The molecule has 1 atom stereocenters. The van der Waals surface area contributed by atoms with Crippen LogP contribution in [0.1, 0.15) is 12.8 Å². The number of aliphatic hydroxyl groups is 2. The summed E-state index contributed by atoms with van der Waals surface area (Å²) in [5.41, 5.74) is 0. The summed E-state index contributed by atoms with van der Waals surface area (Å²) in [6.07, 6.45) is 2.12. The molecule has 1 fully saturated rings. The van der Waals surface area contributed by atoms with Crippen LogP contribution in [0.3, 0.4) is 0 Å². The number of rotatable bonds is 7. The molecule has 0 aromatic heterocycles. The van der Waals surface area contributed by atoms with Gasteiger partial charge in [-0.05, 0) is 25.3 Å². The smallest absolute Gasteiger partial charge is 0.0698 e. The quantitative estimate of drug-likeness (QED) is 0.558. The van der Waals surface area contributed by atoms with Gasteiger partial charge in [-0.1, -0.05) is 0 Å². The highest BCUT2D eigenvalue weighted by atomic mass is 16.5. The minimum absolute atomic E-state index is 0.104. The highest BCUT2D eigenvalue weighted by molar-refractivity contribution is 4.74. The highest BCUT2D eigenvalue weighted by Gasteiger charge is 2.21. The molecule has 1 aliphatic rings. The standard InChI is InChI=1S/C10H21NO3/c12-5-2-10-1-3-11(9-10)4-7-14-8-6-13/h10,12-13H,1-9H2. The van der Waals surface area contributed by atoms with Crippen LogP contribution >= 0.6 is 0 Å². The van der Waals surface area contributed by atoms with Gasteiger partial charge in [-0.3, -0.25) is 0 Å². The van der Waals surface area contributed by atoms with Crippen molar-refractivity contribution in [1.29, 1.82) is 0 Å². The molecule has 4 nitrogen and oxygen atoms in total. The number of ether oxygens (including phenoxy) is 1. The van der Waals surface area contributed by atoms with Crippen molar-refractivity contribution >= 4 is 0 Å². The van der Waals surface area contributed by atoms with Crippen LogP contribution in [0, 0.1) is 5.92 Å². The molecule has 1 saturated heterocycles. The number of hydrogen-bond donors (Lipinski definition) is 2. The monoisotopic (exact) mass is 203 g/mol. The zero-order valence-corrected chi connectivity index (χ0v) is 8.69. The van der Waals surface area contributed by atoms with E-state index in [0.29, 0.717) is 25.7 Å². The molecule has 84 valence electrons. The zero-order chi connectivity index (χ0) is 10.2. The van der Waals surface area contributed by atoms with E-state index >= 15 is 0 Å². The summed E-state index contributed by atoms with van der Waals surface area (Å²) < 4.78 is 5.20. The summed E-state index contributed by atoms with van der Waals surface area (Å²) in [5.74, 6) is 0.665. The summed E-state index contributed by atoms with van der Waals surface area (Å²) in [6.45, 7) is 4.70. The first-order valence-electron chi connectivity index (χ1n) is 5.38. The predicted molar refractivity (Wildman–Crippen MR) is 54.2 cm³/mol. The van der Waals surface area contributed by atoms with E-state index in [1.165, 1.54) is 6.42 Å². The van der Waals surface area contributed by atoms with E-state index in [0.717, 1.165) is 26.1 Å². The molecule has 4 heteroatoms. The fourth-order valence-corrected chi connectivity index (χ4v) is 1.89. The van der Waals surface area contributed by atoms with E-state index in [1.54, 1.807) is 0 Å². The molecule has 0 aliphatic carbocycles. The van der Waals surface area contributed by atoms with Crippen molar-refractivity contribution in [3.05, 3.63) is 0 Å². The Labute approximate surface area is 85.5 Å². The summed E-state index contributed by atoms with van der Waals surface area (Å²) in [5, 5.41) is 17.3. The van der Waals surface area contributed by atoms with Crippen LogP contribution in [0.2, 0.25) is 0 Å². The van der Waals surface area contributed by atoms with Crippen molar-refractivity contribution in [2.24, 2.45) is 5.92 Å². The Kier molecular flexibility index (Phi) is 6.10. The molecule has 2 N–H and O–H groups in total. The molecule has 1 rings (SSSR count). The summed E-state index contributed by atoms with van der Waals surface area (Å²) in [6, 6.07) is 0. The summed E-state index contributed by atoms with van der Waals surface area (Å²) >= 11 is 0. The molecule has 0 bridgehead atoms. The molecule has 0 spiro atoms. The van der Waals surface area contributed by atoms with Crippen molar-refractivity contribution in [3.63, 3.8) is 0 Å². The molecule has 1 aliphatic heterocycles. The molecular weight excluding hydrogens is 182 g/mol. The third kappa shape index (κ3) is 4.37. The van der Waals surface area contributed by atoms with Gasteiger partial charge >= 0.3 is 0 Å². The number of hydrogen-bond acceptors (Lipinski definition) is 4. The Balaban J connectivity index is 1.98. The average Bonchev–Trinajstić information content (AvgIpc) is 2.61. The molecule has 0 aromatic carbocycles. The Hall–Kier alpha value is -0.160. The molecule has 0 radical (unpaired) electrons. The van der Waals surface area contributed by atoms with Gasteiger partial charge in [0.15, 0.2) is 0 Å². The van der Waals surface area contributed by atoms with Crippen LogP contribution in [0.25, 0.3) is 0 Å². The first-order chi connectivity index (χ1) is 6.86. The molecule has 1 unspecified atom stereocenters. The first kappa shape index (κ1) is 11.9. The number of aliphatic hydroxyl groups excluding tert-OH is 2. The van der Waals surface area contributed by atoms with Crippen LogP contribution < -0.4 is 0 Å². The van der Waals surface area contributed by atoms with Gasteiger partial charge < -0.3 is 19.8 Å². The lowest BCUT2D eigenvalue weighted by Gasteiger charge is -2.15. The number of likely N-dealkylation sites (tertiary alicyclic amines) is 1. The van der Waals surface area contributed by atoms with Gasteiger partial charge in [-0.15, -0.1) is 0 Å². The van der Waals surface area contributed by atoms with Gasteiger partial charge in [-0.25, -0.2) is 0 Å². The van der Waals surface area contributed by atoms with E-state index in [9.17, 15) is 0 Å². The fraction of sp³-hybridized carbons (Fsp3) is 1.00. The van der Waals surface area contributed by atoms with E-state index in [-0.39, 0.29) is 6.61 Å². The van der Waals surface area contributed by atoms with Gasteiger partial charge in [0.25, 0.3) is 0 Å². The van der Waals surface area contributed by atoms with E-state index in [1.807, 2.05) is 0 Å². The summed E-state index contributed by atoms with van der Waals surface area (Å²) in [4.78, 5) is 2.36. The van der Waals surface area contributed by atoms with Crippen molar-refractivity contribution in [3.8, 4) is 0 Å². The van der Waals surface area contributed by atoms with Gasteiger partial charge in [0.2, 0.25) is 0 Å². The molecule has 14 heavy (non-hydrogen) atoms. The topological polar surface area (TPSA) is 52.9 Å². The maximum atomic E-state index is 8.79.